The van der Waals surface area contributed by atoms with Gasteiger partial charge in [0.15, 0.2) is 0 Å². The van der Waals surface area contributed by atoms with Crippen molar-refractivity contribution >= 4 is 12.1 Å². The quantitative estimate of drug-likeness (QED) is 0.565. The number of nitrogens with one attached hydrogen (secondary N) is 1. The fourth-order valence-electron chi connectivity index (χ4n) is 2.27. The van der Waals surface area contributed by atoms with Crippen molar-refractivity contribution in [2.24, 2.45) is 5.10 Å². The van der Waals surface area contributed by atoms with Gasteiger partial charge in [-0.05, 0) is 54.6 Å². The number of methoxy groups -OCH3 is 1. The SMILES string of the molecule is COc1cccc(C(=O)NN=Cc2ccc(-c3ccc(C#N)cc3)o2)c1. The second-order valence-corrected chi connectivity index (χ2v) is 5.32. The van der Waals surface area contributed by atoms with Crippen LogP contribution in [0, 0.1) is 11.3 Å². The lowest BCUT2D eigenvalue weighted by molar-refractivity contribution is 0.0955. The van der Waals surface area contributed by atoms with E-state index in [0.717, 1.165) is 5.56 Å². The fourth-order valence-corrected chi connectivity index (χ4v) is 2.27. The van der Waals surface area contributed by atoms with E-state index in [1.807, 2.05) is 12.1 Å². The van der Waals surface area contributed by atoms with Gasteiger partial charge in [0.05, 0.1) is 25.0 Å². The minimum absolute atomic E-state index is 0.348. The Balaban J connectivity index is 1.64. The molecule has 2 aromatic carbocycles. The topological polar surface area (TPSA) is 87.6 Å². The molecule has 0 aliphatic heterocycles. The molecule has 3 rings (SSSR count). The van der Waals surface area contributed by atoms with Crippen LogP contribution in [-0.4, -0.2) is 19.2 Å². The van der Waals surface area contributed by atoms with Crippen molar-refractivity contribution < 1.29 is 13.9 Å². The number of carbonyl (C=O) groups excluding carboxylic acids is 1. The van der Waals surface area contributed by atoms with Crippen molar-refractivity contribution in [1.82, 2.24) is 5.43 Å². The molecule has 0 aliphatic rings. The summed E-state index contributed by atoms with van der Waals surface area (Å²) in [6, 6.07) is 19.5. The highest BCUT2D eigenvalue weighted by Crippen LogP contribution is 2.21. The Labute approximate surface area is 150 Å². The molecule has 1 amide bonds. The zero-order chi connectivity index (χ0) is 18.4. The molecule has 0 atom stereocenters. The van der Waals surface area contributed by atoms with Crippen molar-refractivity contribution in [3.63, 3.8) is 0 Å². The van der Waals surface area contributed by atoms with E-state index in [9.17, 15) is 4.79 Å². The molecule has 1 N–H and O–H groups in total. The van der Waals surface area contributed by atoms with Crippen molar-refractivity contribution in [3.05, 3.63) is 77.6 Å². The summed E-state index contributed by atoms with van der Waals surface area (Å²) >= 11 is 0. The lowest BCUT2D eigenvalue weighted by Crippen LogP contribution is -2.17. The molecule has 6 heteroatoms. The number of hydrogen-bond acceptors (Lipinski definition) is 5. The third kappa shape index (κ3) is 3.97. The van der Waals surface area contributed by atoms with E-state index >= 15 is 0 Å². The molecule has 0 spiro atoms. The summed E-state index contributed by atoms with van der Waals surface area (Å²) in [4.78, 5) is 12.1. The molecule has 128 valence electrons. The molecule has 0 fully saturated rings. The van der Waals surface area contributed by atoms with Crippen LogP contribution in [-0.2, 0) is 0 Å². The van der Waals surface area contributed by atoms with Gasteiger partial charge in [-0.1, -0.05) is 6.07 Å². The number of nitriles is 1. The van der Waals surface area contributed by atoms with Crippen LogP contribution < -0.4 is 10.2 Å². The first-order chi connectivity index (χ1) is 12.7. The van der Waals surface area contributed by atoms with Crippen molar-refractivity contribution in [2.75, 3.05) is 7.11 Å². The Kier molecular flexibility index (Phi) is 5.11. The largest absolute Gasteiger partial charge is 0.497 e. The molecular formula is C20H15N3O3. The number of hydrazone groups is 1. The maximum atomic E-state index is 12.1. The predicted octanol–water partition coefficient (Wildman–Crippen LogP) is 3.59. The number of carbonyl (C=O) groups is 1. The summed E-state index contributed by atoms with van der Waals surface area (Å²) < 4.78 is 10.8. The summed E-state index contributed by atoms with van der Waals surface area (Å²) in [5.41, 5.74) is 4.32. The molecule has 0 saturated heterocycles. The summed E-state index contributed by atoms with van der Waals surface area (Å²) in [5, 5.41) is 12.7. The highest BCUT2D eigenvalue weighted by molar-refractivity contribution is 5.95. The highest BCUT2D eigenvalue weighted by Gasteiger charge is 2.06. The molecule has 0 unspecified atom stereocenters. The van der Waals surface area contributed by atoms with Gasteiger partial charge < -0.3 is 9.15 Å². The fraction of sp³-hybridized carbons (Fsp3) is 0.0500. The van der Waals surface area contributed by atoms with Gasteiger partial charge in [0.25, 0.3) is 5.91 Å². The summed E-state index contributed by atoms with van der Waals surface area (Å²) in [6.07, 6.45) is 1.42. The smallest absolute Gasteiger partial charge is 0.271 e. The lowest BCUT2D eigenvalue weighted by Gasteiger charge is -2.02. The van der Waals surface area contributed by atoms with Crippen LogP contribution >= 0.6 is 0 Å². The Morgan fingerprint density at radius 2 is 2.00 bits per heavy atom. The van der Waals surface area contributed by atoms with Crippen LogP contribution in [0.3, 0.4) is 0 Å². The molecule has 6 nitrogen and oxygen atoms in total. The van der Waals surface area contributed by atoms with E-state index in [1.54, 1.807) is 48.5 Å². The zero-order valence-corrected chi connectivity index (χ0v) is 14.0. The van der Waals surface area contributed by atoms with Gasteiger partial charge in [-0.3, -0.25) is 4.79 Å². The summed E-state index contributed by atoms with van der Waals surface area (Å²) in [7, 11) is 1.54. The number of rotatable bonds is 5. The average molecular weight is 345 g/mol. The first-order valence-corrected chi connectivity index (χ1v) is 7.77. The minimum Gasteiger partial charge on any atom is -0.497 e. The monoisotopic (exact) mass is 345 g/mol. The number of ether oxygens (including phenoxy) is 1. The Bertz CT molecular complexity index is 982. The highest BCUT2D eigenvalue weighted by atomic mass is 16.5. The molecule has 26 heavy (non-hydrogen) atoms. The van der Waals surface area contributed by atoms with E-state index in [0.29, 0.717) is 28.4 Å². The van der Waals surface area contributed by atoms with Crippen LogP contribution in [0.15, 0.2) is 70.2 Å². The molecule has 0 aliphatic carbocycles. The number of benzene rings is 2. The first kappa shape index (κ1) is 17.0. The Morgan fingerprint density at radius 3 is 2.73 bits per heavy atom. The van der Waals surface area contributed by atoms with Crippen molar-refractivity contribution in [2.45, 2.75) is 0 Å². The normalized spacial score (nSPS) is 10.5. The molecule has 1 aromatic heterocycles. The maximum Gasteiger partial charge on any atom is 0.271 e. The van der Waals surface area contributed by atoms with Gasteiger partial charge in [0.2, 0.25) is 0 Å². The van der Waals surface area contributed by atoms with E-state index in [4.69, 9.17) is 14.4 Å². The van der Waals surface area contributed by atoms with Crippen LogP contribution in [0.25, 0.3) is 11.3 Å². The third-order valence-corrected chi connectivity index (χ3v) is 3.62. The average Bonchev–Trinajstić information content (AvgIpc) is 3.17. The third-order valence-electron chi connectivity index (χ3n) is 3.62. The number of furan rings is 1. The van der Waals surface area contributed by atoms with Crippen molar-refractivity contribution in [1.29, 1.82) is 5.26 Å². The second-order valence-electron chi connectivity index (χ2n) is 5.32. The van der Waals surface area contributed by atoms with Gasteiger partial charge in [-0.2, -0.15) is 10.4 Å². The number of nitrogens with zero attached hydrogens (tertiary/aromatic N) is 2. The van der Waals surface area contributed by atoms with Crippen LogP contribution in [0.5, 0.6) is 5.75 Å². The zero-order valence-electron chi connectivity index (χ0n) is 14.0. The Hall–Kier alpha value is -3.85. The predicted molar refractivity (Wildman–Crippen MR) is 96.9 cm³/mol. The molecule has 0 saturated carbocycles. The molecular weight excluding hydrogens is 330 g/mol. The van der Waals surface area contributed by atoms with Gasteiger partial charge in [-0.15, -0.1) is 0 Å². The van der Waals surface area contributed by atoms with Crippen LogP contribution in [0.1, 0.15) is 21.7 Å². The van der Waals surface area contributed by atoms with Gasteiger partial charge in [0, 0.05) is 11.1 Å². The maximum absolute atomic E-state index is 12.1. The lowest BCUT2D eigenvalue weighted by atomic mass is 10.1. The second kappa shape index (κ2) is 7.81. The standard InChI is InChI=1S/C20H15N3O3/c1-25-17-4-2-3-16(11-17)20(24)23-22-13-18-9-10-19(26-18)15-7-5-14(12-21)6-8-15/h2-11,13H,1H3,(H,23,24). The number of hydrogen-bond donors (Lipinski definition) is 1. The van der Waals surface area contributed by atoms with Crippen LogP contribution in [0.2, 0.25) is 0 Å². The van der Waals surface area contributed by atoms with Crippen LogP contribution in [0.4, 0.5) is 0 Å². The molecule has 1 heterocycles. The van der Waals surface area contributed by atoms with E-state index in [1.165, 1.54) is 13.3 Å². The van der Waals surface area contributed by atoms with Crippen molar-refractivity contribution in [3.8, 4) is 23.1 Å². The van der Waals surface area contributed by atoms with Gasteiger partial charge in [0.1, 0.15) is 17.3 Å². The van der Waals surface area contributed by atoms with E-state index < -0.39 is 0 Å². The van der Waals surface area contributed by atoms with E-state index in [2.05, 4.69) is 16.6 Å². The van der Waals surface area contributed by atoms with Gasteiger partial charge >= 0.3 is 0 Å². The molecule has 0 radical (unpaired) electrons. The molecule has 3 aromatic rings. The summed E-state index contributed by atoms with van der Waals surface area (Å²) in [6.45, 7) is 0. The van der Waals surface area contributed by atoms with E-state index in [-0.39, 0.29) is 5.91 Å². The van der Waals surface area contributed by atoms with Gasteiger partial charge in [-0.25, -0.2) is 5.43 Å². The first-order valence-electron chi connectivity index (χ1n) is 7.77. The summed E-state index contributed by atoms with van der Waals surface area (Å²) in [5.74, 6) is 1.39. The number of amides is 1. The minimum atomic E-state index is -0.348. The molecule has 0 bridgehead atoms. The Morgan fingerprint density at radius 1 is 1.19 bits per heavy atom.